The Kier molecular flexibility index (Phi) is 2.47. The summed E-state index contributed by atoms with van der Waals surface area (Å²) in [5.74, 6) is 1.14. The summed E-state index contributed by atoms with van der Waals surface area (Å²) < 4.78 is 0. The van der Waals surface area contributed by atoms with Crippen LogP contribution in [-0.4, -0.2) is 30.9 Å². The molecule has 1 unspecified atom stereocenters. The molecule has 1 saturated heterocycles. The number of amides is 1. The zero-order valence-corrected chi connectivity index (χ0v) is 7.68. The number of amidine groups is 1. The van der Waals surface area contributed by atoms with E-state index in [2.05, 4.69) is 15.6 Å². The van der Waals surface area contributed by atoms with Crippen molar-refractivity contribution in [2.45, 2.75) is 31.7 Å². The molecule has 4 heteroatoms. The predicted molar refractivity (Wildman–Crippen MR) is 50.7 cm³/mol. The Morgan fingerprint density at radius 1 is 1.46 bits per heavy atom. The summed E-state index contributed by atoms with van der Waals surface area (Å²) in [5.41, 5.74) is 0. The van der Waals surface area contributed by atoms with Crippen LogP contribution in [0.1, 0.15) is 25.7 Å². The summed E-state index contributed by atoms with van der Waals surface area (Å²) >= 11 is 0. The van der Waals surface area contributed by atoms with Gasteiger partial charge >= 0.3 is 0 Å². The first kappa shape index (κ1) is 8.53. The fourth-order valence-electron chi connectivity index (χ4n) is 1.77. The maximum Gasteiger partial charge on any atom is 0.242 e. The summed E-state index contributed by atoms with van der Waals surface area (Å²) in [4.78, 5) is 15.6. The quantitative estimate of drug-likeness (QED) is 0.600. The van der Waals surface area contributed by atoms with E-state index in [1.165, 1.54) is 0 Å². The highest BCUT2D eigenvalue weighted by Gasteiger charge is 2.23. The van der Waals surface area contributed by atoms with Crippen LogP contribution >= 0.6 is 0 Å². The van der Waals surface area contributed by atoms with Gasteiger partial charge in [0.2, 0.25) is 5.91 Å². The average molecular weight is 181 g/mol. The standard InChI is InChI=1S/C9H15N3O/c13-9-7(3-1-6-11-9)12-8-4-2-5-10-8/h7H,1-6H2,(H,10,12)(H,11,13). The smallest absolute Gasteiger partial charge is 0.242 e. The van der Waals surface area contributed by atoms with Gasteiger partial charge in [0.25, 0.3) is 0 Å². The number of nitrogens with zero attached hydrogens (tertiary/aromatic N) is 1. The second kappa shape index (κ2) is 3.77. The van der Waals surface area contributed by atoms with Gasteiger partial charge < -0.3 is 10.6 Å². The van der Waals surface area contributed by atoms with E-state index in [1.807, 2.05) is 0 Å². The maximum absolute atomic E-state index is 11.4. The Hall–Kier alpha value is -1.06. The van der Waals surface area contributed by atoms with Crippen LogP contribution in [0, 0.1) is 0 Å². The topological polar surface area (TPSA) is 53.5 Å². The van der Waals surface area contributed by atoms with Gasteiger partial charge in [0.05, 0.1) is 5.84 Å². The van der Waals surface area contributed by atoms with E-state index in [4.69, 9.17) is 0 Å². The highest BCUT2D eigenvalue weighted by molar-refractivity contribution is 5.90. The van der Waals surface area contributed by atoms with Crippen LogP contribution < -0.4 is 10.6 Å². The summed E-state index contributed by atoms with van der Waals surface area (Å²) in [6.07, 6.45) is 4.13. The Morgan fingerprint density at radius 3 is 3.08 bits per heavy atom. The van der Waals surface area contributed by atoms with E-state index in [0.29, 0.717) is 0 Å². The SMILES string of the molecule is O=C1NCCCC1NC1=NCCC1. The molecule has 2 N–H and O–H groups in total. The number of carbonyl (C=O) groups excluding carboxylic acids is 1. The maximum atomic E-state index is 11.4. The lowest BCUT2D eigenvalue weighted by atomic mass is 10.1. The molecule has 1 atom stereocenters. The molecule has 1 amide bonds. The van der Waals surface area contributed by atoms with Crippen molar-refractivity contribution in [3.8, 4) is 0 Å². The Balaban J connectivity index is 1.88. The molecule has 0 aromatic heterocycles. The number of piperidine rings is 1. The molecule has 0 aromatic rings. The van der Waals surface area contributed by atoms with Crippen LogP contribution in [0.15, 0.2) is 4.99 Å². The molecule has 2 aliphatic heterocycles. The van der Waals surface area contributed by atoms with Crippen molar-refractivity contribution in [2.75, 3.05) is 13.1 Å². The van der Waals surface area contributed by atoms with Crippen LogP contribution in [0.3, 0.4) is 0 Å². The Bertz CT molecular complexity index is 237. The molecule has 0 saturated carbocycles. The van der Waals surface area contributed by atoms with Gasteiger partial charge in [0, 0.05) is 19.5 Å². The molecule has 72 valence electrons. The van der Waals surface area contributed by atoms with E-state index in [9.17, 15) is 4.79 Å². The monoisotopic (exact) mass is 181 g/mol. The molecule has 1 fully saturated rings. The summed E-state index contributed by atoms with van der Waals surface area (Å²) in [6, 6.07) is -0.0365. The lowest BCUT2D eigenvalue weighted by Gasteiger charge is -2.23. The van der Waals surface area contributed by atoms with Crippen molar-refractivity contribution in [2.24, 2.45) is 4.99 Å². The van der Waals surface area contributed by atoms with Gasteiger partial charge in [-0.1, -0.05) is 0 Å². The minimum atomic E-state index is -0.0365. The van der Waals surface area contributed by atoms with Gasteiger partial charge in [-0.05, 0) is 19.3 Å². The molecule has 0 spiro atoms. The van der Waals surface area contributed by atoms with Gasteiger partial charge in [-0.15, -0.1) is 0 Å². The number of rotatable bonds is 1. The van der Waals surface area contributed by atoms with Crippen LogP contribution in [0.25, 0.3) is 0 Å². The van der Waals surface area contributed by atoms with Crippen molar-refractivity contribution in [1.82, 2.24) is 10.6 Å². The van der Waals surface area contributed by atoms with E-state index >= 15 is 0 Å². The minimum Gasteiger partial charge on any atom is -0.362 e. The third kappa shape index (κ3) is 1.99. The highest BCUT2D eigenvalue weighted by atomic mass is 16.2. The third-order valence-corrected chi connectivity index (χ3v) is 2.50. The molecule has 2 aliphatic rings. The lowest BCUT2D eigenvalue weighted by molar-refractivity contribution is -0.124. The zero-order chi connectivity index (χ0) is 9.10. The van der Waals surface area contributed by atoms with E-state index in [-0.39, 0.29) is 11.9 Å². The number of hydrogen-bond donors (Lipinski definition) is 2. The first-order valence-corrected chi connectivity index (χ1v) is 4.94. The van der Waals surface area contributed by atoms with Crippen LogP contribution in [0.4, 0.5) is 0 Å². The number of hydrogen-bond acceptors (Lipinski definition) is 3. The average Bonchev–Trinajstić information content (AvgIpc) is 2.61. The fourth-order valence-corrected chi connectivity index (χ4v) is 1.77. The second-order valence-electron chi connectivity index (χ2n) is 3.56. The van der Waals surface area contributed by atoms with Crippen molar-refractivity contribution in [3.05, 3.63) is 0 Å². The molecular formula is C9H15N3O. The molecular weight excluding hydrogens is 166 g/mol. The van der Waals surface area contributed by atoms with Gasteiger partial charge in [-0.25, -0.2) is 0 Å². The van der Waals surface area contributed by atoms with Crippen LogP contribution in [0.5, 0.6) is 0 Å². The van der Waals surface area contributed by atoms with Crippen molar-refractivity contribution < 1.29 is 4.79 Å². The minimum absolute atomic E-state index is 0.0365. The van der Waals surface area contributed by atoms with Gasteiger partial charge in [0.1, 0.15) is 6.04 Å². The van der Waals surface area contributed by atoms with Gasteiger partial charge in [0.15, 0.2) is 0 Å². The molecule has 2 rings (SSSR count). The molecule has 4 nitrogen and oxygen atoms in total. The first-order valence-electron chi connectivity index (χ1n) is 4.94. The van der Waals surface area contributed by atoms with Crippen molar-refractivity contribution >= 4 is 11.7 Å². The molecule has 13 heavy (non-hydrogen) atoms. The predicted octanol–water partition coefficient (Wildman–Crippen LogP) is 0.0469. The molecule has 0 bridgehead atoms. The Labute approximate surface area is 77.8 Å². The molecule has 0 radical (unpaired) electrons. The first-order chi connectivity index (χ1) is 6.36. The Morgan fingerprint density at radius 2 is 2.38 bits per heavy atom. The lowest BCUT2D eigenvalue weighted by Crippen LogP contribution is -2.49. The molecule has 0 aromatic carbocycles. The molecule has 0 aliphatic carbocycles. The number of aliphatic imine (C=N–C) groups is 1. The van der Waals surface area contributed by atoms with E-state index < -0.39 is 0 Å². The van der Waals surface area contributed by atoms with Crippen molar-refractivity contribution in [3.63, 3.8) is 0 Å². The van der Waals surface area contributed by atoms with E-state index in [1.54, 1.807) is 0 Å². The second-order valence-corrected chi connectivity index (χ2v) is 3.56. The highest BCUT2D eigenvalue weighted by Crippen LogP contribution is 2.07. The third-order valence-electron chi connectivity index (χ3n) is 2.50. The largest absolute Gasteiger partial charge is 0.362 e. The molecule has 2 heterocycles. The zero-order valence-electron chi connectivity index (χ0n) is 7.68. The summed E-state index contributed by atoms with van der Waals surface area (Å²) in [7, 11) is 0. The number of nitrogens with one attached hydrogen (secondary N) is 2. The summed E-state index contributed by atoms with van der Waals surface area (Å²) in [5, 5.41) is 6.06. The fraction of sp³-hybridized carbons (Fsp3) is 0.778. The number of carbonyl (C=O) groups is 1. The summed E-state index contributed by atoms with van der Waals surface area (Å²) in [6.45, 7) is 1.74. The van der Waals surface area contributed by atoms with Crippen LogP contribution in [-0.2, 0) is 4.79 Å². The van der Waals surface area contributed by atoms with Crippen LogP contribution in [0.2, 0.25) is 0 Å². The van der Waals surface area contributed by atoms with Gasteiger partial charge in [-0.2, -0.15) is 0 Å². The van der Waals surface area contributed by atoms with Crippen molar-refractivity contribution in [1.29, 1.82) is 0 Å². The normalized spacial score (nSPS) is 28.2. The van der Waals surface area contributed by atoms with Gasteiger partial charge in [-0.3, -0.25) is 9.79 Å². The van der Waals surface area contributed by atoms with E-state index in [0.717, 1.165) is 44.6 Å².